The fourth-order valence-electron chi connectivity index (χ4n) is 7.42. The molecule has 0 radical (unpaired) electrons. The second-order valence-corrected chi connectivity index (χ2v) is 13.0. The molecule has 8 aromatic carbocycles. The van der Waals surface area contributed by atoms with Crippen molar-refractivity contribution in [1.29, 1.82) is 0 Å². The van der Waals surface area contributed by atoms with Crippen LogP contribution in [0.2, 0.25) is 0 Å². The van der Waals surface area contributed by atoms with E-state index in [0.29, 0.717) is 5.82 Å². The van der Waals surface area contributed by atoms with E-state index in [-0.39, 0.29) is 0 Å². The van der Waals surface area contributed by atoms with E-state index in [1.165, 1.54) is 27.5 Å². The molecule has 0 atom stereocenters. The van der Waals surface area contributed by atoms with Crippen LogP contribution < -0.4 is 4.74 Å². The van der Waals surface area contributed by atoms with Gasteiger partial charge >= 0.3 is 0 Å². The molecule has 0 saturated heterocycles. The average Bonchev–Trinajstić information content (AvgIpc) is 3.21. The Labute approximate surface area is 296 Å². The van der Waals surface area contributed by atoms with Gasteiger partial charge in [0.25, 0.3) is 0 Å². The SMILES string of the molecule is c1ccc(-c2nc(-c3ccc(-c4ccc5c(c4)-c4cccc6cccc(c46)O5)cc3)cc(-c3ccc(-c4ccccc4)c4ccccc34)n2)cc1. The van der Waals surface area contributed by atoms with Crippen LogP contribution in [-0.4, -0.2) is 9.97 Å². The third-order valence-corrected chi connectivity index (χ3v) is 9.91. The highest BCUT2D eigenvalue weighted by molar-refractivity contribution is 6.06. The van der Waals surface area contributed by atoms with Crippen LogP contribution >= 0.6 is 0 Å². The molecular formula is C48H30N2O. The Hall–Kier alpha value is -6.84. The third-order valence-electron chi connectivity index (χ3n) is 9.91. The third kappa shape index (κ3) is 5.06. The van der Waals surface area contributed by atoms with Gasteiger partial charge in [-0.15, -0.1) is 0 Å². The van der Waals surface area contributed by atoms with Crippen molar-refractivity contribution in [2.45, 2.75) is 0 Å². The molecule has 1 aliphatic heterocycles. The predicted molar refractivity (Wildman–Crippen MR) is 210 cm³/mol. The first-order valence-electron chi connectivity index (χ1n) is 17.2. The summed E-state index contributed by atoms with van der Waals surface area (Å²) >= 11 is 0. The summed E-state index contributed by atoms with van der Waals surface area (Å²) in [5, 5.41) is 4.70. The molecule has 0 amide bonds. The highest BCUT2D eigenvalue weighted by Crippen LogP contribution is 2.47. The maximum absolute atomic E-state index is 6.35. The largest absolute Gasteiger partial charge is 0.456 e. The van der Waals surface area contributed by atoms with Crippen LogP contribution in [-0.2, 0) is 0 Å². The van der Waals surface area contributed by atoms with Crippen molar-refractivity contribution in [2.24, 2.45) is 0 Å². The minimum atomic E-state index is 0.701. The number of ether oxygens (including phenoxy) is 1. The Morgan fingerprint density at radius 3 is 1.75 bits per heavy atom. The molecule has 9 aromatic rings. The van der Waals surface area contributed by atoms with Crippen molar-refractivity contribution in [3.63, 3.8) is 0 Å². The molecule has 3 heteroatoms. The summed E-state index contributed by atoms with van der Waals surface area (Å²) in [5.41, 5.74) is 11.8. The molecule has 2 heterocycles. The van der Waals surface area contributed by atoms with Crippen LogP contribution in [0, 0.1) is 0 Å². The number of aromatic nitrogens is 2. The first-order valence-corrected chi connectivity index (χ1v) is 17.2. The fourth-order valence-corrected chi connectivity index (χ4v) is 7.42. The second-order valence-electron chi connectivity index (χ2n) is 13.0. The molecule has 0 saturated carbocycles. The Bertz CT molecular complexity index is 2750. The van der Waals surface area contributed by atoms with Gasteiger partial charge in [0.15, 0.2) is 5.82 Å². The predicted octanol–water partition coefficient (Wildman–Crippen LogP) is 12.9. The van der Waals surface area contributed by atoms with Gasteiger partial charge in [-0.25, -0.2) is 9.97 Å². The van der Waals surface area contributed by atoms with E-state index < -0.39 is 0 Å². The number of fused-ring (bicyclic) bond motifs is 3. The minimum Gasteiger partial charge on any atom is -0.456 e. The number of hydrogen-bond acceptors (Lipinski definition) is 3. The Kier molecular flexibility index (Phi) is 6.81. The van der Waals surface area contributed by atoms with Crippen LogP contribution in [0.5, 0.6) is 11.5 Å². The zero-order valence-corrected chi connectivity index (χ0v) is 27.6. The van der Waals surface area contributed by atoms with E-state index in [1.807, 2.05) is 24.3 Å². The van der Waals surface area contributed by atoms with Gasteiger partial charge in [-0.05, 0) is 68.2 Å². The zero-order chi connectivity index (χ0) is 33.7. The van der Waals surface area contributed by atoms with E-state index in [0.717, 1.165) is 67.0 Å². The molecule has 0 spiro atoms. The topological polar surface area (TPSA) is 35.0 Å². The Balaban J connectivity index is 1.07. The van der Waals surface area contributed by atoms with Crippen LogP contribution in [0.4, 0.5) is 0 Å². The van der Waals surface area contributed by atoms with Crippen molar-refractivity contribution >= 4 is 21.5 Å². The smallest absolute Gasteiger partial charge is 0.160 e. The maximum Gasteiger partial charge on any atom is 0.160 e. The standard InChI is InChI=1S/C48H30N2O/c1-3-11-32(12-4-1)37-26-27-40(39-18-8-7-17-38(37)39)44-30-43(49-48(50-44)35-13-5-2-6-14-35)33-23-21-31(22-24-33)36-25-28-45-42(29-36)41-19-9-15-34-16-10-20-46(51-45)47(34)41/h1-30H. The molecule has 238 valence electrons. The summed E-state index contributed by atoms with van der Waals surface area (Å²) in [4.78, 5) is 10.3. The van der Waals surface area contributed by atoms with Crippen molar-refractivity contribution < 1.29 is 4.74 Å². The van der Waals surface area contributed by atoms with Gasteiger partial charge in [0.2, 0.25) is 0 Å². The van der Waals surface area contributed by atoms with Gasteiger partial charge in [-0.3, -0.25) is 0 Å². The summed E-state index contributed by atoms with van der Waals surface area (Å²) in [7, 11) is 0. The molecule has 0 aliphatic carbocycles. The van der Waals surface area contributed by atoms with Crippen LogP contribution in [0.25, 0.3) is 88.8 Å². The van der Waals surface area contributed by atoms with E-state index >= 15 is 0 Å². The van der Waals surface area contributed by atoms with Crippen molar-refractivity contribution in [3.8, 4) is 78.8 Å². The van der Waals surface area contributed by atoms with E-state index in [2.05, 4.69) is 158 Å². The quantitative estimate of drug-likeness (QED) is 0.186. The first-order chi connectivity index (χ1) is 25.3. The monoisotopic (exact) mass is 650 g/mol. The molecule has 3 nitrogen and oxygen atoms in total. The van der Waals surface area contributed by atoms with Crippen LogP contribution in [0.1, 0.15) is 0 Å². The van der Waals surface area contributed by atoms with Gasteiger partial charge < -0.3 is 4.74 Å². The van der Waals surface area contributed by atoms with Crippen LogP contribution in [0.15, 0.2) is 182 Å². The van der Waals surface area contributed by atoms with E-state index in [4.69, 9.17) is 14.7 Å². The van der Waals surface area contributed by atoms with E-state index in [1.54, 1.807) is 0 Å². The maximum atomic E-state index is 6.35. The summed E-state index contributed by atoms with van der Waals surface area (Å²) in [5.74, 6) is 2.49. The van der Waals surface area contributed by atoms with E-state index in [9.17, 15) is 0 Å². The molecule has 1 aliphatic rings. The first kappa shape index (κ1) is 29.1. The van der Waals surface area contributed by atoms with Crippen LogP contribution in [0.3, 0.4) is 0 Å². The van der Waals surface area contributed by atoms with Gasteiger partial charge in [0.1, 0.15) is 11.5 Å². The number of rotatable bonds is 5. The lowest BCUT2D eigenvalue weighted by Gasteiger charge is -2.22. The zero-order valence-electron chi connectivity index (χ0n) is 27.6. The molecule has 0 bridgehead atoms. The lowest BCUT2D eigenvalue weighted by atomic mass is 9.92. The number of benzene rings is 8. The van der Waals surface area contributed by atoms with Crippen molar-refractivity contribution in [3.05, 3.63) is 182 Å². The Morgan fingerprint density at radius 2 is 0.961 bits per heavy atom. The minimum absolute atomic E-state index is 0.701. The summed E-state index contributed by atoms with van der Waals surface area (Å²) in [6, 6.07) is 63.8. The molecule has 1 aromatic heterocycles. The van der Waals surface area contributed by atoms with Gasteiger partial charge in [0.05, 0.1) is 11.4 Å². The number of hydrogen-bond donors (Lipinski definition) is 0. The fraction of sp³-hybridized carbons (Fsp3) is 0. The average molecular weight is 651 g/mol. The van der Waals surface area contributed by atoms with Crippen molar-refractivity contribution in [1.82, 2.24) is 9.97 Å². The molecule has 0 fully saturated rings. The van der Waals surface area contributed by atoms with Gasteiger partial charge in [-0.1, -0.05) is 158 Å². The highest BCUT2D eigenvalue weighted by Gasteiger charge is 2.20. The van der Waals surface area contributed by atoms with Gasteiger partial charge in [0, 0.05) is 27.6 Å². The molecular weight excluding hydrogens is 621 g/mol. The molecule has 51 heavy (non-hydrogen) atoms. The lowest BCUT2D eigenvalue weighted by molar-refractivity contribution is 0.487. The summed E-state index contributed by atoms with van der Waals surface area (Å²) in [6.07, 6.45) is 0. The Morgan fingerprint density at radius 1 is 0.333 bits per heavy atom. The molecule has 10 rings (SSSR count). The lowest BCUT2D eigenvalue weighted by Crippen LogP contribution is -1.97. The van der Waals surface area contributed by atoms with Crippen molar-refractivity contribution in [2.75, 3.05) is 0 Å². The molecule has 0 unspecified atom stereocenters. The summed E-state index contributed by atoms with van der Waals surface area (Å²) < 4.78 is 6.35. The van der Waals surface area contributed by atoms with Gasteiger partial charge in [-0.2, -0.15) is 0 Å². The normalized spacial score (nSPS) is 11.7. The highest BCUT2D eigenvalue weighted by atomic mass is 16.5. The number of nitrogens with zero attached hydrogens (tertiary/aromatic N) is 2. The second kappa shape index (κ2) is 11.9. The summed E-state index contributed by atoms with van der Waals surface area (Å²) in [6.45, 7) is 0. The molecule has 0 N–H and O–H groups in total.